The summed E-state index contributed by atoms with van der Waals surface area (Å²) < 4.78 is 5.75. The molecule has 0 aromatic carbocycles. The van der Waals surface area contributed by atoms with Crippen molar-refractivity contribution in [1.82, 2.24) is 4.90 Å². The summed E-state index contributed by atoms with van der Waals surface area (Å²) in [7, 11) is 2.23. The first-order valence-corrected chi connectivity index (χ1v) is 10.3. The van der Waals surface area contributed by atoms with Gasteiger partial charge in [-0.15, -0.1) is 22.7 Å². The third kappa shape index (κ3) is 2.72. The van der Waals surface area contributed by atoms with Crippen LogP contribution in [0, 0.1) is 17.2 Å². The Labute approximate surface area is 151 Å². The minimum atomic E-state index is -0.488. The van der Waals surface area contributed by atoms with Crippen molar-refractivity contribution in [2.24, 2.45) is 5.92 Å². The minimum Gasteiger partial charge on any atom is -0.378 e. The van der Waals surface area contributed by atoms with Gasteiger partial charge in [-0.05, 0) is 55.1 Å². The van der Waals surface area contributed by atoms with Gasteiger partial charge in [-0.25, -0.2) is 0 Å². The third-order valence-electron chi connectivity index (χ3n) is 5.65. The van der Waals surface area contributed by atoms with Crippen LogP contribution in [0.1, 0.15) is 29.0 Å². The van der Waals surface area contributed by atoms with E-state index in [1.54, 1.807) is 22.7 Å². The quantitative estimate of drug-likeness (QED) is 0.825. The normalized spacial score (nSPS) is 27.8. The lowest BCUT2D eigenvalue weighted by Gasteiger charge is -2.47. The van der Waals surface area contributed by atoms with E-state index in [0.29, 0.717) is 18.0 Å². The number of fused-ring (bicyclic) bond motifs is 2. The van der Waals surface area contributed by atoms with Gasteiger partial charge in [-0.3, -0.25) is 4.90 Å². The second-order valence-corrected chi connectivity index (χ2v) is 8.92. The monoisotopic (exact) mass is 358 g/mol. The molecule has 0 spiro atoms. The molecule has 0 amide bonds. The zero-order valence-corrected chi connectivity index (χ0v) is 15.5. The lowest BCUT2D eigenvalue weighted by molar-refractivity contribution is -0.0766. The number of nitrogens with zero attached hydrogens (tertiary/aromatic N) is 2. The number of ether oxygens (including phenoxy) is 1. The fourth-order valence-electron chi connectivity index (χ4n) is 4.33. The molecule has 4 heterocycles. The van der Waals surface area contributed by atoms with Crippen molar-refractivity contribution in [2.45, 2.75) is 36.8 Å². The lowest BCUT2D eigenvalue weighted by Crippen LogP contribution is -2.55. The summed E-state index contributed by atoms with van der Waals surface area (Å²) in [6.45, 7) is 1.67. The molecule has 2 aromatic rings. The number of hydrogen-bond donors (Lipinski definition) is 0. The van der Waals surface area contributed by atoms with E-state index in [4.69, 9.17) is 4.74 Å². The number of thiophene rings is 2. The van der Waals surface area contributed by atoms with Crippen molar-refractivity contribution in [1.29, 1.82) is 5.26 Å². The molecule has 2 bridgehead atoms. The van der Waals surface area contributed by atoms with E-state index < -0.39 is 5.41 Å². The van der Waals surface area contributed by atoms with Crippen LogP contribution in [0.15, 0.2) is 35.0 Å². The van der Waals surface area contributed by atoms with Crippen molar-refractivity contribution in [3.63, 3.8) is 0 Å². The van der Waals surface area contributed by atoms with E-state index >= 15 is 0 Å². The number of nitriles is 1. The molecule has 5 heteroatoms. The van der Waals surface area contributed by atoms with Crippen molar-refractivity contribution in [2.75, 3.05) is 20.3 Å². The lowest BCUT2D eigenvalue weighted by atomic mass is 9.72. The number of piperidine rings is 1. The molecule has 0 N–H and O–H groups in total. The van der Waals surface area contributed by atoms with E-state index in [-0.39, 0.29) is 0 Å². The number of morpholine rings is 1. The van der Waals surface area contributed by atoms with Gasteiger partial charge in [0.15, 0.2) is 0 Å². The molecule has 0 radical (unpaired) electrons. The average molecular weight is 359 g/mol. The molecular weight excluding hydrogens is 336 g/mol. The predicted molar refractivity (Wildman–Crippen MR) is 98.5 cm³/mol. The summed E-state index contributed by atoms with van der Waals surface area (Å²) in [6.07, 6.45) is 3.19. The highest BCUT2D eigenvalue weighted by Gasteiger charge is 2.43. The molecule has 2 fully saturated rings. The fourth-order valence-corrected chi connectivity index (χ4v) is 6.20. The van der Waals surface area contributed by atoms with Crippen LogP contribution in [0.2, 0.25) is 0 Å². The zero-order valence-electron chi connectivity index (χ0n) is 13.9. The number of likely N-dealkylation sites (N-methyl/N-ethyl adjacent to an activating group) is 1. The van der Waals surface area contributed by atoms with Crippen LogP contribution < -0.4 is 0 Å². The zero-order chi connectivity index (χ0) is 16.6. The molecule has 0 saturated carbocycles. The molecule has 24 heavy (non-hydrogen) atoms. The van der Waals surface area contributed by atoms with E-state index in [2.05, 4.69) is 53.0 Å². The Hall–Kier alpha value is -1.19. The van der Waals surface area contributed by atoms with Gasteiger partial charge >= 0.3 is 0 Å². The molecular formula is C19H22N2OS2. The Kier molecular flexibility index (Phi) is 4.48. The molecule has 2 aromatic heterocycles. The summed E-state index contributed by atoms with van der Waals surface area (Å²) in [5, 5.41) is 14.4. The SMILES string of the molecule is CN1C2COCC1CC(CC(C#N)(c1cccs1)c1cccs1)C2. The van der Waals surface area contributed by atoms with E-state index in [1.165, 1.54) is 9.75 Å². The molecule has 2 aliphatic heterocycles. The van der Waals surface area contributed by atoms with Gasteiger partial charge in [-0.1, -0.05) is 12.1 Å². The highest BCUT2D eigenvalue weighted by Crippen LogP contribution is 2.45. The maximum Gasteiger partial charge on any atom is 0.126 e. The number of hydrogen-bond acceptors (Lipinski definition) is 5. The van der Waals surface area contributed by atoms with Gasteiger partial charge in [0, 0.05) is 21.8 Å². The van der Waals surface area contributed by atoms with Crippen LogP contribution >= 0.6 is 22.7 Å². The first kappa shape index (κ1) is 16.3. The maximum absolute atomic E-state index is 10.2. The van der Waals surface area contributed by atoms with Crippen LogP contribution in [0.3, 0.4) is 0 Å². The Balaban J connectivity index is 1.65. The standard InChI is InChI=1S/C19H22N2OS2/c1-21-15-8-14(9-16(21)12-22-11-15)10-19(13-20,17-4-2-6-23-17)18-5-3-7-24-18/h2-7,14-16H,8-12H2,1H3. The van der Waals surface area contributed by atoms with Crippen LogP contribution in [-0.4, -0.2) is 37.2 Å². The van der Waals surface area contributed by atoms with Crippen LogP contribution in [0.4, 0.5) is 0 Å². The Bertz CT molecular complexity index is 656. The first-order chi connectivity index (χ1) is 11.7. The molecule has 2 unspecified atom stereocenters. The van der Waals surface area contributed by atoms with Gasteiger partial charge in [0.25, 0.3) is 0 Å². The summed E-state index contributed by atoms with van der Waals surface area (Å²) in [5.41, 5.74) is -0.488. The second-order valence-electron chi connectivity index (χ2n) is 7.02. The highest BCUT2D eigenvalue weighted by molar-refractivity contribution is 7.11. The van der Waals surface area contributed by atoms with Crippen molar-refractivity contribution >= 4 is 22.7 Å². The average Bonchev–Trinajstić information content (AvgIpc) is 3.27. The van der Waals surface area contributed by atoms with Crippen LogP contribution in [0.25, 0.3) is 0 Å². The maximum atomic E-state index is 10.2. The topological polar surface area (TPSA) is 36.3 Å². The van der Waals surface area contributed by atoms with Gasteiger partial charge in [0.1, 0.15) is 5.41 Å². The molecule has 2 aliphatic rings. The van der Waals surface area contributed by atoms with Gasteiger partial charge in [0.05, 0.1) is 19.3 Å². The van der Waals surface area contributed by atoms with Crippen LogP contribution in [-0.2, 0) is 10.2 Å². The second kappa shape index (κ2) is 6.61. The van der Waals surface area contributed by atoms with Crippen molar-refractivity contribution < 1.29 is 4.74 Å². The largest absolute Gasteiger partial charge is 0.378 e. The molecule has 4 rings (SSSR count). The molecule has 0 aliphatic carbocycles. The van der Waals surface area contributed by atoms with E-state index in [0.717, 1.165) is 32.5 Å². The summed E-state index contributed by atoms with van der Waals surface area (Å²) in [4.78, 5) is 4.87. The summed E-state index contributed by atoms with van der Waals surface area (Å²) in [6, 6.07) is 12.1. The Morgan fingerprint density at radius 1 is 1.17 bits per heavy atom. The molecule has 2 atom stereocenters. The van der Waals surface area contributed by atoms with E-state index in [9.17, 15) is 5.26 Å². The van der Waals surface area contributed by atoms with Gasteiger partial charge < -0.3 is 4.74 Å². The molecule has 2 saturated heterocycles. The molecule has 126 valence electrons. The smallest absolute Gasteiger partial charge is 0.126 e. The summed E-state index contributed by atoms with van der Waals surface area (Å²) in [5.74, 6) is 0.573. The fraction of sp³-hybridized carbons (Fsp3) is 0.526. The van der Waals surface area contributed by atoms with Crippen LogP contribution in [0.5, 0.6) is 0 Å². The third-order valence-corrected chi connectivity index (χ3v) is 7.72. The Morgan fingerprint density at radius 2 is 1.75 bits per heavy atom. The highest BCUT2D eigenvalue weighted by atomic mass is 32.1. The minimum absolute atomic E-state index is 0.488. The van der Waals surface area contributed by atoms with E-state index in [1.807, 2.05) is 0 Å². The van der Waals surface area contributed by atoms with Gasteiger partial charge in [-0.2, -0.15) is 5.26 Å². The number of rotatable bonds is 4. The first-order valence-electron chi connectivity index (χ1n) is 8.52. The Morgan fingerprint density at radius 3 is 2.21 bits per heavy atom. The van der Waals surface area contributed by atoms with Crippen molar-refractivity contribution in [3.8, 4) is 6.07 Å². The molecule has 3 nitrogen and oxygen atoms in total. The predicted octanol–water partition coefficient (Wildman–Crippen LogP) is 4.12. The van der Waals surface area contributed by atoms with Gasteiger partial charge in [0.2, 0.25) is 0 Å². The summed E-state index contributed by atoms with van der Waals surface area (Å²) >= 11 is 3.42. The van der Waals surface area contributed by atoms with Crippen molar-refractivity contribution in [3.05, 3.63) is 44.8 Å².